The van der Waals surface area contributed by atoms with Gasteiger partial charge < -0.3 is 11.1 Å². The van der Waals surface area contributed by atoms with Crippen molar-refractivity contribution in [1.82, 2.24) is 5.32 Å². The van der Waals surface area contributed by atoms with E-state index in [-0.39, 0.29) is 17.9 Å². The van der Waals surface area contributed by atoms with Crippen LogP contribution in [0.1, 0.15) is 47.0 Å². The fourth-order valence-corrected chi connectivity index (χ4v) is 2.52. The molecule has 4 atom stereocenters. The van der Waals surface area contributed by atoms with Gasteiger partial charge in [0.2, 0.25) is 5.91 Å². The zero-order valence-corrected chi connectivity index (χ0v) is 11.7. The fraction of sp³-hybridized carbons (Fsp3) is 0.929. The first-order chi connectivity index (χ1) is 7.93. The molecule has 4 unspecified atom stereocenters. The lowest BCUT2D eigenvalue weighted by Crippen LogP contribution is -2.48. The average molecular weight is 240 g/mol. The third-order valence-electron chi connectivity index (χ3n) is 4.31. The summed E-state index contributed by atoms with van der Waals surface area (Å²) in [6, 6.07) is 0.0492. The summed E-state index contributed by atoms with van der Waals surface area (Å²) in [6.07, 6.45) is 3.28. The lowest BCUT2D eigenvalue weighted by Gasteiger charge is -2.33. The molecule has 0 radical (unpaired) electrons. The van der Waals surface area contributed by atoms with Gasteiger partial charge in [-0.25, -0.2) is 0 Å². The lowest BCUT2D eigenvalue weighted by atomic mass is 9.76. The zero-order chi connectivity index (χ0) is 13.0. The summed E-state index contributed by atoms with van der Waals surface area (Å²) in [5, 5.41) is 3.08. The molecule has 100 valence electrons. The van der Waals surface area contributed by atoms with Crippen molar-refractivity contribution in [3.05, 3.63) is 0 Å². The van der Waals surface area contributed by atoms with Crippen LogP contribution < -0.4 is 11.1 Å². The van der Waals surface area contributed by atoms with Crippen molar-refractivity contribution in [3.63, 3.8) is 0 Å². The number of carbonyl (C=O) groups excluding carboxylic acids is 1. The van der Waals surface area contributed by atoms with Gasteiger partial charge in [0, 0.05) is 12.6 Å². The number of hydrogen-bond donors (Lipinski definition) is 2. The van der Waals surface area contributed by atoms with Crippen LogP contribution in [0, 0.1) is 23.7 Å². The van der Waals surface area contributed by atoms with Crippen LogP contribution in [-0.2, 0) is 4.79 Å². The molecular weight excluding hydrogens is 212 g/mol. The Kier molecular flexibility index (Phi) is 5.44. The number of nitrogens with one attached hydrogen (secondary N) is 1. The minimum atomic E-state index is 0.0168. The second kappa shape index (κ2) is 6.39. The number of hydrogen-bond acceptors (Lipinski definition) is 2. The summed E-state index contributed by atoms with van der Waals surface area (Å²) >= 11 is 0. The van der Waals surface area contributed by atoms with Crippen molar-refractivity contribution < 1.29 is 4.79 Å². The Balaban J connectivity index is 2.45. The van der Waals surface area contributed by atoms with Crippen LogP contribution >= 0.6 is 0 Å². The highest BCUT2D eigenvalue weighted by atomic mass is 16.1. The number of nitrogens with two attached hydrogens (primary N) is 1. The van der Waals surface area contributed by atoms with Gasteiger partial charge in [-0.1, -0.05) is 34.1 Å². The van der Waals surface area contributed by atoms with Crippen LogP contribution in [0.2, 0.25) is 0 Å². The molecule has 3 heteroatoms. The number of rotatable bonds is 4. The van der Waals surface area contributed by atoms with Crippen molar-refractivity contribution in [3.8, 4) is 0 Å². The predicted molar refractivity (Wildman–Crippen MR) is 71.5 cm³/mol. The van der Waals surface area contributed by atoms with Crippen LogP contribution in [-0.4, -0.2) is 18.5 Å². The van der Waals surface area contributed by atoms with Crippen molar-refractivity contribution in [2.75, 3.05) is 6.54 Å². The average Bonchev–Trinajstić information content (AvgIpc) is 2.25. The van der Waals surface area contributed by atoms with Crippen molar-refractivity contribution in [2.24, 2.45) is 29.4 Å². The molecule has 1 saturated carbocycles. The third-order valence-corrected chi connectivity index (χ3v) is 4.31. The van der Waals surface area contributed by atoms with Crippen molar-refractivity contribution in [1.29, 1.82) is 0 Å². The van der Waals surface area contributed by atoms with E-state index in [1.54, 1.807) is 0 Å². The standard InChI is InChI=1S/C14H28N2O/c1-9(2)11(4)8-16-14(17)13-10(3)6-5-7-12(13)15/h9-13H,5-8,15H2,1-4H3,(H,16,17). The fourth-order valence-electron chi connectivity index (χ4n) is 2.52. The van der Waals surface area contributed by atoms with Crippen LogP contribution in [0.5, 0.6) is 0 Å². The summed E-state index contributed by atoms with van der Waals surface area (Å²) in [7, 11) is 0. The number of amides is 1. The van der Waals surface area contributed by atoms with E-state index in [0.29, 0.717) is 17.8 Å². The van der Waals surface area contributed by atoms with Gasteiger partial charge in [0.05, 0.1) is 5.92 Å². The maximum absolute atomic E-state index is 12.2. The third kappa shape index (κ3) is 3.98. The molecule has 1 fully saturated rings. The Morgan fingerprint density at radius 3 is 2.53 bits per heavy atom. The Hall–Kier alpha value is -0.570. The van der Waals surface area contributed by atoms with Gasteiger partial charge in [0.25, 0.3) is 0 Å². The van der Waals surface area contributed by atoms with Gasteiger partial charge in [-0.15, -0.1) is 0 Å². The molecule has 0 bridgehead atoms. The van der Waals surface area contributed by atoms with Crippen molar-refractivity contribution >= 4 is 5.91 Å². The maximum atomic E-state index is 12.2. The minimum Gasteiger partial charge on any atom is -0.356 e. The molecule has 0 spiro atoms. The predicted octanol–water partition coefficient (Wildman–Crippen LogP) is 2.16. The van der Waals surface area contributed by atoms with Crippen LogP contribution in [0.4, 0.5) is 0 Å². The van der Waals surface area contributed by atoms with E-state index in [1.807, 2.05) is 0 Å². The Morgan fingerprint density at radius 1 is 1.35 bits per heavy atom. The topological polar surface area (TPSA) is 55.1 Å². The molecule has 1 amide bonds. The van der Waals surface area contributed by atoms with E-state index < -0.39 is 0 Å². The van der Waals surface area contributed by atoms with Gasteiger partial charge >= 0.3 is 0 Å². The Bertz CT molecular complexity index is 243. The van der Waals surface area contributed by atoms with Gasteiger partial charge in [0.15, 0.2) is 0 Å². The molecule has 0 aromatic rings. The quantitative estimate of drug-likeness (QED) is 0.791. The molecule has 0 aromatic carbocycles. The summed E-state index contributed by atoms with van der Waals surface area (Å²) < 4.78 is 0. The largest absolute Gasteiger partial charge is 0.356 e. The molecule has 0 heterocycles. The van der Waals surface area contributed by atoms with Gasteiger partial charge in [-0.2, -0.15) is 0 Å². The summed E-state index contributed by atoms with van der Waals surface area (Å²) in [5.74, 6) is 1.73. The molecule has 0 aromatic heterocycles. The Morgan fingerprint density at radius 2 is 2.00 bits per heavy atom. The highest BCUT2D eigenvalue weighted by Gasteiger charge is 2.33. The molecular formula is C14H28N2O. The summed E-state index contributed by atoms with van der Waals surface area (Å²) in [5.41, 5.74) is 6.08. The van der Waals surface area contributed by atoms with Gasteiger partial charge in [-0.3, -0.25) is 4.79 Å². The van der Waals surface area contributed by atoms with Crippen LogP contribution in [0.3, 0.4) is 0 Å². The van der Waals surface area contributed by atoms with E-state index in [4.69, 9.17) is 5.73 Å². The lowest BCUT2D eigenvalue weighted by molar-refractivity contribution is -0.128. The normalized spacial score (nSPS) is 31.3. The molecule has 17 heavy (non-hydrogen) atoms. The van der Waals surface area contributed by atoms with Gasteiger partial charge in [0.1, 0.15) is 0 Å². The first-order valence-electron chi connectivity index (χ1n) is 6.96. The van der Waals surface area contributed by atoms with E-state index >= 15 is 0 Å². The molecule has 0 aliphatic heterocycles. The molecule has 1 aliphatic rings. The van der Waals surface area contributed by atoms with E-state index in [9.17, 15) is 4.79 Å². The summed E-state index contributed by atoms with van der Waals surface area (Å²) in [6.45, 7) is 9.47. The second-order valence-electron chi connectivity index (χ2n) is 6.06. The smallest absolute Gasteiger partial charge is 0.224 e. The number of carbonyl (C=O) groups is 1. The second-order valence-corrected chi connectivity index (χ2v) is 6.06. The van der Waals surface area contributed by atoms with Gasteiger partial charge in [-0.05, 0) is 30.6 Å². The van der Waals surface area contributed by atoms with E-state index in [0.717, 1.165) is 25.8 Å². The molecule has 1 aliphatic carbocycles. The monoisotopic (exact) mass is 240 g/mol. The first-order valence-corrected chi connectivity index (χ1v) is 6.96. The molecule has 1 rings (SSSR count). The minimum absolute atomic E-state index is 0.0168. The summed E-state index contributed by atoms with van der Waals surface area (Å²) in [4.78, 5) is 12.2. The van der Waals surface area contributed by atoms with Crippen LogP contribution in [0.25, 0.3) is 0 Å². The highest BCUT2D eigenvalue weighted by Crippen LogP contribution is 2.29. The van der Waals surface area contributed by atoms with E-state index in [2.05, 4.69) is 33.0 Å². The Labute approximate surface area is 106 Å². The molecule has 3 N–H and O–H groups in total. The SMILES string of the molecule is CC(C)C(C)CNC(=O)C1C(C)CCCC1N. The highest BCUT2D eigenvalue weighted by molar-refractivity contribution is 5.79. The molecule has 0 saturated heterocycles. The zero-order valence-electron chi connectivity index (χ0n) is 11.7. The molecule has 3 nitrogen and oxygen atoms in total. The van der Waals surface area contributed by atoms with Crippen molar-refractivity contribution in [2.45, 2.75) is 53.0 Å². The maximum Gasteiger partial charge on any atom is 0.224 e. The van der Waals surface area contributed by atoms with Crippen LogP contribution in [0.15, 0.2) is 0 Å². The first kappa shape index (κ1) is 14.5. The van der Waals surface area contributed by atoms with E-state index in [1.165, 1.54) is 0 Å².